The van der Waals surface area contributed by atoms with Crippen molar-refractivity contribution in [2.24, 2.45) is 0 Å². The molecule has 110 valence electrons. The van der Waals surface area contributed by atoms with Crippen LogP contribution < -0.4 is 14.2 Å². The van der Waals surface area contributed by atoms with Crippen LogP contribution in [0.15, 0.2) is 48.5 Å². The van der Waals surface area contributed by atoms with Crippen LogP contribution in [0.2, 0.25) is 0 Å². The highest BCUT2D eigenvalue weighted by Gasteiger charge is 2.08. The SMILES string of the molecule is CCc1ccccc1OCC(=O)Oc1ccc(OC)cc1. The molecule has 4 heteroatoms. The summed E-state index contributed by atoms with van der Waals surface area (Å²) in [5.74, 6) is 1.45. The van der Waals surface area contributed by atoms with E-state index in [0.29, 0.717) is 17.2 Å². The Labute approximate surface area is 124 Å². The Morgan fingerprint density at radius 2 is 1.67 bits per heavy atom. The van der Waals surface area contributed by atoms with Gasteiger partial charge in [-0.25, -0.2) is 4.79 Å². The van der Waals surface area contributed by atoms with Crippen LogP contribution in [-0.2, 0) is 11.2 Å². The van der Waals surface area contributed by atoms with E-state index in [4.69, 9.17) is 14.2 Å². The highest BCUT2D eigenvalue weighted by atomic mass is 16.6. The standard InChI is InChI=1S/C17H18O4/c1-3-13-6-4-5-7-16(13)20-12-17(18)21-15-10-8-14(19-2)9-11-15/h4-11H,3,12H2,1-2H3. The van der Waals surface area contributed by atoms with Crippen molar-refractivity contribution in [2.75, 3.05) is 13.7 Å². The number of carbonyl (C=O) groups excluding carboxylic acids is 1. The lowest BCUT2D eigenvalue weighted by atomic mass is 10.1. The van der Waals surface area contributed by atoms with E-state index in [9.17, 15) is 4.79 Å². The van der Waals surface area contributed by atoms with Crippen LogP contribution in [0, 0.1) is 0 Å². The second kappa shape index (κ2) is 7.33. The molecule has 0 saturated carbocycles. The van der Waals surface area contributed by atoms with Gasteiger partial charge in [0.05, 0.1) is 7.11 Å². The minimum atomic E-state index is -0.439. The molecule has 0 fully saturated rings. The van der Waals surface area contributed by atoms with Gasteiger partial charge in [0.25, 0.3) is 0 Å². The molecule has 0 saturated heterocycles. The minimum Gasteiger partial charge on any atom is -0.497 e. The first-order valence-electron chi connectivity index (χ1n) is 6.78. The summed E-state index contributed by atoms with van der Waals surface area (Å²) in [5.41, 5.74) is 1.06. The summed E-state index contributed by atoms with van der Waals surface area (Å²) in [4.78, 5) is 11.8. The Morgan fingerprint density at radius 3 is 2.33 bits per heavy atom. The maximum atomic E-state index is 11.8. The van der Waals surface area contributed by atoms with Crippen LogP contribution in [0.5, 0.6) is 17.2 Å². The predicted octanol–water partition coefficient (Wildman–Crippen LogP) is 3.24. The summed E-state index contributed by atoms with van der Waals surface area (Å²) < 4.78 is 15.7. The molecule has 0 aliphatic carbocycles. The molecular weight excluding hydrogens is 268 g/mol. The lowest BCUT2D eigenvalue weighted by Gasteiger charge is -2.10. The van der Waals surface area contributed by atoms with Gasteiger partial charge in [-0.3, -0.25) is 0 Å². The lowest BCUT2D eigenvalue weighted by Crippen LogP contribution is -2.18. The zero-order chi connectivity index (χ0) is 15.1. The Bertz CT molecular complexity index is 590. The number of esters is 1. The maximum Gasteiger partial charge on any atom is 0.349 e. The van der Waals surface area contributed by atoms with E-state index in [0.717, 1.165) is 12.0 Å². The van der Waals surface area contributed by atoms with Gasteiger partial charge in [0.2, 0.25) is 0 Å². The number of carbonyl (C=O) groups is 1. The first-order valence-corrected chi connectivity index (χ1v) is 6.78. The number of para-hydroxylation sites is 1. The van der Waals surface area contributed by atoms with Gasteiger partial charge in [0, 0.05) is 0 Å². The predicted molar refractivity (Wildman–Crippen MR) is 79.9 cm³/mol. The van der Waals surface area contributed by atoms with E-state index >= 15 is 0 Å². The number of rotatable bonds is 6. The third kappa shape index (κ3) is 4.24. The molecule has 2 aromatic carbocycles. The van der Waals surface area contributed by atoms with Crippen LogP contribution in [0.4, 0.5) is 0 Å². The van der Waals surface area contributed by atoms with Gasteiger partial charge >= 0.3 is 5.97 Å². The van der Waals surface area contributed by atoms with Crippen LogP contribution >= 0.6 is 0 Å². The monoisotopic (exact) mass is 286 g/mol. The fourth-order valence-electron chi connectivity index (χ4n) is 1.88. The van der Waals surface area contributed by atoms with Gasteiger partial charge in [0.1, 0.15) is 17.2 Å². The molecule has 0 spiro atoms. The van der Waals surface area contributed by atoms with Crippen molar-refractivity contribution in [3.8, 4) is 17.2 Å². The molecule has 2 aromatic rings. The lowest BCUT2D eigenvalue weighted by molar-refractivity contribution is -0.136. The van der Waals surface area contributed by atoms with Crippen molar-refractivity contribution in [1.82, 2.24) is 0 Å². The number of hydrogen-bond donors (Lipinski definition) is 0. The minimum absolute atomic E-state index is 0.122. The first kappa shape index (κ1) is 14.9. The van der Waals surface area contributed by atoms with Crippen LogP contribution in [-0.4, -0.2) is 19.7 Å². The molecule has 0 aromatic heterocycles. The van der Waals surface area contributed by atoms with Gasteiger partial charge in [-0.15, -0.1) is 0 Å². The van der Waals surface area contributed by atoms with E-state index < -0.39 is 5.97 Å². The first-order chi connectivity index (χ1) is 10.2. The molecule has 0 radical (unpaired) electrons. The van der Waals surface area contributed by atoms with E-state index in [1.165, 1.54) is 0 Å². The van der Waals surface area contributed by atoms with Crippen molar-refractivity contribution in [1.29, 1.82) is 0 Å². The quantitative estimate of drug-likeness (QED) is 0.604. The number of methoxy groups -OCH3 is 1. The molecule has 0 heterocycles. The van der Waals surface area contributed by atoms with Gasteiger partial charge < -0.3 is 14.2 Å². The van der Waals surface area contributed by atoms with Crippen molar-refractivity contribution >= 4 is 5.97 Å². The topological polar surface area (TPSA) is 44.8 Å². The molecule has 2 rings (SSSR count). The normalized spacial score (nSPS) is 10.0. The summed E-state index contributed by atoms with van der Waals surface area (Å²) in [6.45, 7) is 1.92. The molecule has 0 bridgehead atoms. The Kier molecular flexibility index (Phi) is 5.21. The Morgan fingerprint density at radius 1 is 1.00 bits per heavy atom. The summed E-state index contributed by atoms with van der Waals surface area (Å²) in [7, 11) is 1.58. The fraction of sp³-hybridized carbons (Fsp3) is 0.235. The van der Waals surface area contributed by atoms with E-state index in [1.807, 2.05) is 31.2 Å². The summed E-state index contributed by atoms with van der Waals surface area (Å²) in [6, 6.07) is 14.5. The van der Waals surface area contributed by atoms with Crippen LogP contribution in [0.25, 0.3) is 0 Å². The third-order valence-corrected chi connectivity index (χ3v) is 2.99. The highest BCUT2D eigenvalue weighted by molar-refractivity contribution is 5.74. The Balaban J connectivity index is 1.89. The summed E-state index contributed by atoms with van der Waals surface area (Å²) in [5, 5.41) is 0. The molecule has 0 aliphatic heterocycles. The largest absolute Gasteiger partial charge is 0.497 e. The molecule has 4 nitrogen and oxygen atoms in total. The fourth-order valence-corrected chi connectivity index (χ4v) is 1.88. The average molecular weight is 286 g/mol. The van der Waals surface area contributed by atoms with Gasteiger partial charge in [0.15, 0.2) is 6.61 Å². The third-order valence-electron chi connectivity index (χ3n) is 2.99. The molecule has 0 unspecified atom stereocenters. The Hall–Kier alpha value is -2.49. The van der Waals surface area contributed by atoms with E-state index in [1.54, 1.807) is 31.4 Å². The second-order valence-electron chi connectivity index (χ2n) is 4.40. The van der Waals surface area contributed by atoms with Gasteiger partial charge in [-0.2, -0.15) is 0 Å². The van der Waals surface area contributed by atoms with Crippen molar-refractivity contribution < 1.29 is 19.0 Å². The zero-order valence-corrected chi connectivity index (χ0v) is 12.2. The zero-order valence-electron chi connectivity index (χ0n) is 12.2. The molecule has 0 amide bonds. The van der Waals surface area contributed by atoms with Gasteiger partial charge in [-0.05, 0) is 42.3 Å². The summed E-state index contributed by atoms with van der Waals surface area (Å²) in [6.07, 6.45) is 0.851. The number of benzene rings is 2. The van der Waals surface area contributed by atoms with Crippen molar-refractivity contribution in [3.05, 3.63) is 54.1 Å². The second-order valence-corrected chi connectivity index (χ2v) is 4.40. The van der Waals surface area contributed by atoms with Crippen molar-refractivity contribution in [3.63, 3.8) is 0 Å². The molecular formula is C17H18O4. The van der Waals surface area contributed by atoms with Gasteiger partial charge in [-0.1, -0.05) is 25.1 Å². The van der Waals surface area contributed by atoms with Crippen molar-refractivity contribution in [2.45, 2.75) is 13.3 Å². The van der Waals surface area contributed by atoms with Crippen LogP contribution in [0.3, 0.4) is 0 Å². The van der Waals surface area contributed by atoms with E-state index in [2.05, 4.69) is 0 Å². The highest BCUT2D eigenvalue weighted by Crippen LogP contribution is 2.19. The van der Waals surface area contributed by atoms with E-state index in [-0.39, 0.29) is 6.61 Å². The molecule has 0 N–H and O–H groups in total. The smallest absolute Gasteiger partial charge is 0.349 e. The van der Waals surface area contributed by atoms with Crippen LogP contribution in [0.1, 0.15) is 12.5 Å². The maximum absolute atomic E-state index is 11.8. The average Bonchev–Trinajstić information content (AvgIpc) is 2.54. The summed E-state index contributed by atoms with van der Waals surface area (Å²) >= 11 is 0. The number of ether oxygens (including phenoxy) is 3. The number of aryl methyl sites for hydroxylation is 1. The molecule has 21 heavy (non-hydrogen) atoms. The molecule has 0 atom stereocenters. The number of hydrogen-bond acceptors (Lipinski definition) is 4. The molecule has 0 aliphatic rings.